The maximum atomic E-state index is 11.5. The van der Waals surface area contributed by atoms with Crippen LogP contribution in [0.25, 0.3) is 0 Å². The zero-order chi connectivity index (χ0) is 18.0. The molecule has 136 valence electrons. The summed E-state index contributed by atoms with van der Waals surface area (Å²) in [6.07, 6.45) is 5.37. The average molecular weight is 356 g/mol. The summed E-state index contributed by atoms with van der Waals surface area (Å²) in [6.45, 7) is 10.3. The van der Waals surface area contributed by atoms with Crippen molar-refractivity contribution in [2.45, 2.75) is 71.1 Å². The van der Waals surface area contributed by atoms with Crippen molar-refractivity contribution >= 4 is 17.9 Å². The van der Waals surface area contributed by atoms with Gasteiger partial charge in [0.1, 0.15) is 5.60 Å². The van der Waals surface area contributed by atoms with Gasteiger partial charge in [-0.1, -0.05) is 29.8 Å². The molecule has 0 atom stereocenters. The molecular weight excluding hydrogens is 326 g/mol. The molecule has 1 heterocycles. The predicted octanol–water partition coefficient (Wildman–Crippen LogP) is 4.37. The number of alkyl carbamates (subject to hydrolysis) is 1. The van der Waals surface area contributed by atoms with Crippen molar-refractivity contribution in [2.75, 3.05) is 12.3 Å². The highest BCUT2D eigenvalue weighted by Crippen LogP contribution is 2.17. The number of aryl methyl sites for hydroxylation is 1. The Bertz CT molecular complexity index is 531. The summed E-state index contributed by atoms with van der Waals surface area (Å²) >= 11 is 1.55. The molecule has 0 radical (unpaired) electrons. The third-order valence-electron chi connectivity index (χ3n) is 2.88. The van der Waals surface area contributed by atoms with Gasteiger partial charge in [-0.2, -0.15) is 0 Å². The van der Waals surface area contributed by atoms with Gasteiger partial charge in [0.2, 0.25) is 5.89 Å². The number of hydrogen-bond acceptors (Lipinski definition) is 6. The van der Waals surface area contributed by atoms with Crippen LogP contribution in [0.15, 0.2) is 21.3 Å². The zero-order valence-corrected chi connectivity index (χ0v) is 16.2. The van der Waals surface area contributed by atoms with Crippen LogP contribution in [0.3, 0.4) is 0 Å². The van der Waals surface area contributed by atoms with E-state index < -0.39 is 5.60 Å². The summed E-state index contributed by atoms with van der Waals surface area (Å²) in [7, 11) is 0. The van der Waals surface area contributed by atoms with Crippen molar-refractivity contribution in [2.24, 2.45) is 0 Å². The largest absolute Gasteiger partial charge is 0.444 e. The molecule has 1 rings (SSSR count). The second kappa shape index (κ2) is 10.4. The standard InChI is InChI=1S/C17H29N3O3S/c1-13(2)10-12-24-16-20-19-14(22-16)9-7-6-8-11-18-15(21)23-17(3,4)5/h10H,6-9,11-12H2,1-5H3,(H,18,21). The average Bonchev–Trinajstić information content (AvgIpc) is 2.88. The molecule has 0 bridgehead atoms. The molecule has 0 fully saturated rings. The Balaban J connectivity index is 2.10. The molecule has 0 spiro atoms. The highest BCUT2D eigenvalue weighted by Gasteiger charge is 2.15. The highest BCUT2D eigenvalue weighted by molar-refractivity contribution is 7.99. The van der Waals surface area contributed by atoms with Crippen LogP contribution in [0, 0.1) is 0 Å². The normalized spacial score (nSPS) is 11.2. The van der Waals surface area contributed by atoms with Crippen LogP contribution in [-0.2, 0) is 11.2 Å². The van der Waals surface area contributed by atoms with Gasteiger partial charge in [0.25, 0.3) is 5.22 Å². The van der Waals surface area contributed by atoms with Gasteiger partial charge in [0.15, 0.2) is 0 Å². The van der Waals surface area contributed by atoms with Gasteiger partial charge in [-0.15, -0.1) is 10.2 Å². The van der Waals surface area contributed by atoms with Gasteiger partial charge in [-0.3, -0.25) is 0 Å². The molecule has 6 nitrogen and oxygen atoms in total. The molecule has 1 amide bonds. The van der Waals surface area contributed by atoms with Crippen molar-refractivity contribution in [1.82, 2.24) is 15.5 Å². The monoisotopic (exact) mass is 355 g/mol. The van der Waals surface area contributed by atoms with Crippen LogP contribution >= 0.6 is 11.8 Å². The van der Waals surface area contributed by atoms with E-state index in [1.54, 1.807) is 11.8 Å². The van der Waals surface area contributed by atoms with E-state index in [1.165, 1.54) is 5.57 Å². The summed E-state index contributed by atoms with van der Waals surface area (Å²) in [5.41, 5.74) is 0.825. The van der Waals surface area contributed by atoms with Crippen LogP contribution in [-0.4, -0.2) is 34.2 Å². The highest BCUT2D eigenvalue weighted by atomic mass is 32.2. The number of thioether (sulfide) groups is 1. The van der Waals surface area contributed by atoms with Crippen molar-refractivity contribution in [3.05, 3.63) is 17.5 Å². The van der Waals surface area contributed by atoms with E-state index in [4.69, 9.17) is 9.15 Å². The first kappa shape index (κ1) is 20.5. The SMILES string of the molecule is CC(C)=CCSc1nnc(CCCCCNC(=O)OC(C)(C)C)o1. The minimum absolute atomic E-state index is 0.363. The third-order valence-corrected chi connectivity index (χ3v) is 3.63. The third kappa shape index (κ3) is 10.3. The van der Waals surface area contributed by atoms with Gasteiger partial charge < -0.3 is 14.5 Å². The Morgan fingerprint density at radius 1 is 1.25 bits per heavy atom. The van der Waals surface area contributed by atoms with Crippen LogP contribution < -0.4 is 5.32 Å². The van der Waals surface area contributed by atoms with E-state index in [0.29, 0.717) is 17.7 Å². The van der Waals surface area contributed by atoms with Gasteiger partial charge >= 0.3 is 6.09 Å². The fourth-order valence-corrected chi connectivity index (χ4v) is 2.57. The molecule has 7 heteroatoms. The second-order valence-corrected chi connectivity index (χ2v) is 7.76. The molecule has 0 aromatic carbocycles. The first-order chi connectivity index (χ1) is 11.3. The Labute approximate surface area is 148 Å². The number of ether oxygens (including phenoxy) is 1. The van der Waals surface area contributed by atoms with E-state index in [0.717, 1.165) is 31.4 Å². The van der Waals surface area contributed by atoms with E-state index >= 15 is 0 Å². The minimum atomic E-state index is -0.455. The lowest BCUT2D eigenvalue weighted by atomic mass is 10.2. The molecule has 1 aromatic heterocycles. The van der Waals surface area contributed by atoms with Crippen molar-refractivity contribution in [3.8, 4) is 0 Å². The maximum Gasteiger partial charge on any atom is 0.407 e. The number of hydrogen-bond donors (Lipinski definition) is 1. The molecule has 0 saturated carbocycles. The number of unbranched alkanes of at least 4 members (excludes halogenated alkanes) is 2. The van der Waals surface area contributed by atoms with Crippen LogP contribution in [0.5, 0.6) is 0 Å². The van der Waals surface area contributed by atoms with Crippen LogP contribution in [0.4, 0.5) is 4.79 Å². The van der Waals surface area contributed by atoms with E-state index in [9.17, 15) is 4.79 Å². The fraction of sp³-hybridized carbons (Fsp3) is 0.706. The Hall–Kier alpha value is -1.50. The van der Waals surface area contributed by atoms with E-state index in [1.807, 2.05) is 20.8 Å². The van der Waals surface area contributed by atoms with Gasteiger partial charge in [0.05, 0.1) is 0 Å². The molecule has 24 heavy (non-hydrogen) atoms. The molecule has 0 aliphatic heterocycles. The molecule has 0 unspecified atom stereocenters. The molecular formula is C17H29N3O3S. The first-order valence-corrected chi connectivity index (χ1v) is 9.30. The van der Waals surface area contributed by atoms with Crippen molar-refractivity contribution < 1.29 is 13.9 Å². The molecule has 0 aliphatic carbocycles. The Kier molecular flexibility index (Phi) is 8.89. The summed E-state index contributed by atoms with van der Waals surface area (Å²) in [5.74, 6) is 1.52. The smallest absolute Gasteiger partial charge is 0.407 e. The van der Waals surface area contributed by atoms with E-state index in [-0.39, 0.29) is 6.09 Å². The number of carbonyl (C=O) groups is 1. The Morgan fingerprint density at radius 2 is 2.00 bits per heavy atom. The number of aromatic nitrogens is 2. The molecule has 1 aromatic rings. The first-order valence-electron chi connectivity index (χ1n) is 8.31. The minimum Gasteiger partial charge on any atom is -0.444 e. The summed E-state index contributed by atoms with van der Waals surface area (Å²) in [6, 6.07) is 0. The number of nitrogens with zero attached hydrogens (tertiary/aromatic N) is 2. The topological polar surface area (TPSA) is 77.2 Å². The molecule has 0 aliphatic rings. The van der Waals surface area contributed by atoms with Crippen molar-refractivity contribution in [1.29, 1.82) is 0 Å². The lowest BCUT2D eigenvalue weighted by Gasteiger charge is -2.19. The number of allylic oxidation sites excluding steroid dienone is 1. The second-order valence-electron chi connectivity index (χ2n) is 6.79. The Morgan fingerprint density at radius 3 is 2.67 bits per heavy atom. The number of carbonyl (C=O) groups excluding carboxylic acids is 1. The molecule has 0 saturated heterocycles. The lowest BCUT2D eigenvalue weighted by molar-refractivity contribution is 0.0527. The number of amides is 1. The maximum absolute atomic E-state index is 11.5. The fourth-order valence-electron chi connectivity index (χ4n) is 1.76. The molecule has 1 N–H and O–H groups in total. The predicted molar refractivity (Wildman–Crippen MR) is 96.2 cm³/mol. The summed E-state index contributed by atoms with van der Waals surface area (Å²) in [4.78, 5) is 11.5. The number of nitrogens with one attached hydrogen (secondary N) is 1. The zero-order valence-electron chi connectivity index (χ0n) is 15.3. The summed E-state index contributed by atoms with van der Waals surface area (Å²) < 4.78 is 10.8. The summed E-state index contributed by atoms with van der Waals surface area (Å²) in [5, 5.41) is 11.5. The van der Waals surface area contributed by atoms with Crippen LogP contribution in [0.2, 0.25) is 0 Å². The van der Waals surface area contributed by atoms with Crippen LogP contribution in [0.1, 0.15) is 59.8 Å². The van der Waals surface area contributed by atoms with Crippen molar-refractivity contribution in [3.63, 3.8) is 0 Å². The van der Waals surface area contributed by atoms with Gasteiger partial charge in [-0.25, -0.2) is 4.79 Å². The number of rotatable bonds is 9. The quantitative estimate of drug-likeness (QED) is 0.403. The lowest BCUT2D eigenvalue weighted by Crippen LogP contribution is -2.32. The van der Waals surface area contributed by atoms with Gasteiger partial charge in [0, 0.05) is 18.7 Å². The van der Waals surface area contributed by atoms with Gasteiger partial charge in [-0.05, 0) is 47.5 Å². The van der Waals surface area contributed by atoms with E-state index in [2.05, 4.69) is 35.4 Å².